The molecule has 0 bridgehead atoms. The maximum Gasteiger partial charge on any atom is 0.258 e. The number of nitrogens with two attached hydrogens (primary N) is 1. The average Bonchev–Trinajstić information content (AvgIpc) is 3.24. The fraction of sp³-hybridized carbons (Fsp3) is 0.250. The Bertz CT molecular complexity index is 1350. The van der Waals surface area contributed by atoms with Gasteiger partial charge in [0.1, 0.15) is 11.8 Å². The van der Waals surface area contributed by atoms with Crippen LogP contribution in [-0.4, -0.2) is 11.4 Å². The molecule has 0 saturated carbocycles. The van der Waals surface area contributed by atoms with Crippen LogP contribution in [0.5, 0.6) is 17.2 Å². The lowest BCUT2D eigenvalue weighted by Crippen LogP contribution is -2.33. The third kappa shape index (κ3) is 2.91. The molecule has 2 aliphatic rings. The van der Waals surface area contributed by atoms with Crippen molar-refractivity contribution in [2.75, 3.05) is 6.79 Å². The summed E-state index contributed by atoms with van der Waals surface area (Å²) >= 11 is 0. The Morgan fingerprint density at radius 2 is 2.00 bits per heavy atom. The molecule has 0 fully saturated rings. The van der Waals surface area contributed by atoms with Crippen molar-refractivity contribution >= 4 is 10.9 Å². The number of benzene rings is 2. The molecule has 0 unspecified atom stereocenters. The maximum absolute atomic E-state index is 13.4. The molecule has 0 radical (unpaired) electrons. The van der Waals surface area contributed by atoms with E-state index < -0.39 is 5.92 Å². The molecular weight excluding hydrogens is 394 g/mol. The number of rotatable bonds is 3. The van der Waals surface area contributed by atoms with Crippen LogP contribution < -0.4 is 25.5 Å². The number of hydrogen-bond acceptors (Lipinski definition) is 6. The largest absolute Gasteiger partial charge is 0.454 e. The van der Waals surface area contributed by atoms with Gasteiger partial charge in [0.2, 0.25) is 12.7 Å². The van der Waals surface area contributed by atoms with Crippen molar-refractivity contribution in [2.45, 2.75) is 19.3 Å². The number of aromatic nitrogens is 1. The minimum Gasteiger partial charge on any atom is -0.454 e. The first-order chi connectivity index (χ1) is 15.0. The molecule has 7 heteroatoms. The molecule has 3 aromatic rings. The number of hydrogen-bond donors (Lipinski definition) is 1. The van der Waals surface area contributed by atoms with E-state index in [-0.39, 0.29) is 29.7 Å². The standard InChI is InChI=1S/C24H21N3O4/c1-13(9-14-7-8-18-19(10-14)30-12-29-18)20-16(11-25)23(26)31-22-15-5-3-4-6-17(15)27(2)24(28)21(20)22/h3-8,10,13,20H,9,12,26H2,1-2H3/t13-,20-/m1/s1. The van der Waals surface area contributed by atoms with Gasteiger partial charge in [0.25, 0.3) is 5.56 Å². The summed E-state index contributed by atoms with van der Waals surface area (Å²) in [5.74, 6) is 1.34. The van der Waals surface area contributed by atoms with Gasteiger partial charge in [-0.15, -0.1) is 0 Å². The summed E-state index contributed by atoms with van der Waals surface area (Å²) in [5.41, 5.74) is 8.52. The third-order valence-corrected chi connectivity index (χ3v) is 6.07. The van der Waals surface area contributed by atoms with Gasteiger partial charge in [-0.2, -0.15) is 5.26 Å². The van der Waals surface area contributed by atoms with Gasteiger partial charge in [-0.3, -0.25) is 4.79 Å². The Labute approximate surface area is 178 Å². The number of ether oxygens (including phenoxy) is 3. The molecule has 0 amide bonds. The quantitative estimate of drug-likeness (QED) is 0.705. The molecule has 1 aromatic heterocycles. The topological polar surface area (TPSA) is 99.5 Å². The summed E-state index contributed by atoms with van der Waals surface area (Å²) in [6.45, 7) is 2.23. The van der Waals surface area contributed by atoms with Crippen molar-refractivity contribution in [3.05, 3.63) is 75.4 Å². The van der Waals surface area contributed by atoms with Gasteiger partial charge >= 0.3 is 0 Å². The van der Waals surface area contributed by atoms with Gasteiger partial charge in [-0.25, -0.2) is 0 Å². The first kappa shape index (κ1) is 19.1. The number of fused-ring (bicyclic) bond motifs is 4. The maximum atomic E-state index is 13.4. The van der Waals surface area contributed by atoms with E-state index in [1.54, 1.807) is 11.6 Å². The molecule has 31 heavy (non-hydrogen) atoms. The van der Waals surface area contributed by atoms with Gasteiger partial charge in [-0.05, 0) is 42.2 Å². The first-order valence-electron chi connectivity index (χ1n) is 10.1. The van der Waals surface area contributed by atoms with Crippen molar-refractivity contribution in [2.24, 2.45) is 18.7 Å². The van der Waals surface area contributed by atoms with E-state index in [2.05, 4.69) is 6.07 Å². The molecule has 2 N–H and O–H groups in total. The van der Waals surface area contributed by atoms with Crippen LogP contribution in [0.3, 0.4) is 0 Å². The van der Waals surface area contributed by atoms with E-state index >= 15 is 0 Å². The summed E-state index contributed by atoms with van der Waals surface area (Å²) < 4.78 is 18.3. The van der Waals surface area contributed by atoms with Crippen LogP contribution in [0.4, 0.5) is 0 Å². The van der Waals surface area contributed by atoms with E-state index in [1.165, 1.54) is 0 Å². The highest BCUT2D eigenvalue weighted by molar-refractivity contribution is 5.87. The van der Waals surface area contributed by atoms with Crippen LogP contribution in [0.2, 0.25) is 0 Å². The Balaban J connectivity index is 1.64. The zero-order chi connectivity index (χ0) is 21.7. The number of nitrogens with zero attached hydrogens (tertiary/aromatic N) is 2. The minimum absolute atomic E-state index is 0.0518. The smallest absolute Gasteiger partial charge is 0.258 e. The summed E-state index contributed by atoms with van der Waals surface area (Å²) in [7, 11) is 1.73. The highest BCUT2D eigenvalue weighted by Crippen LogP contribution is 2.44. The van der Waals surface area contributed by atoms with Crippen LogP contribution in [0.1, 0.15) is 24.0 Å². The average molecular weight is 415 g/mol. The van der Waals surface area contributed by atoms with Crippen molar-refractivity contribution in [1.29, 1.82) is 5.26 Å². The van der Waals surface area contributed by atoms with Crippen LogP contribution >= 0.6 is 0 Å². The van der Waals surface area contributed by atoms with Crippen LogP contribution in [-0.2, 0) is 13.5 Å². The van der Waals surface area contributed by atoms with E-state index in [0.717, 1.165) is 22.2 Å². The Kier molecular flexibility index (Phi) is 4.36. The van der Waals surface area contributed by atoms with Crippen LogP contribution in [0.15, 0.2) is 58.7 Å². The first-order valence-corrected chi connectivity index (χ1v) is 10.1. The molecule has 156 valence electrons. The molecule has 0 saturated heterocycles. The molecule has 5 rings (SSSR count). The molecule has 0 aliphatic carbocycles. The van der Waals surface area contributed by atoms with Crippen molar-refractivity contribution in [3.8, 4) is 23.3 Å². The van der Waals surface area contributed by atoms with E-state index in [9.17, 15) is 10.1 Å². The van der Waals surface area contributed by atoms with E-state index in [0.29, 0.717) is 23.5 Å². The normalized spacial score (nSPS) is 17.8. The second-order valence-electron chi connectivity index (χ2n) is 7.96. The molecule has 7 nitrogen and oxygen atoms in total. The molecule has 2 atom stereocenters. The van der Waals surface area contributed by atoms with E-state index in [1.807, 2.05) is 49.4 Å². The Morgan fingerprint density at radius 3 is 2.81 bits per heavy atom. The molecular formula is C24H21N3O4. The summed E-state index contributed by atoms with van der Waals surface area (Å²) in [6, 6.07) is 15.5. The predicted octanol–water partition coefficient (Wildman–Crippen LogP) is 3.32. The minimum atomic E-state index is -0.484. The molecule has 3 heterocycles. The van der Waals surface area contributed by atoms with Crippen molar-refractivity contribution in [3.63, 3.8) is 0 Å². The summed E-state index contributed by atoms with van der Waals surface area (Å²) in [4.78, 5) is 13.4. The highest BCUT2D eigenvalue weighted by atomic mass is 16.7. The van der Waals surface area contributed by atoms with Gasteiger partial charge in [0, 0.05) is 18.4 Å². The van der Waals surface area contributed by atoms with E-state index in [4.69, 9.17) is 19.9 Å². The third-order valence-electron chi connectivity index (χ3n) is 6.07. The van der Waals surface area contributed by atoms with Gasteiger partial charge < -0.3 is 24.5 Å². The zero-order valence-corrected chi connectivity index (χ0v) is 17.2. The van der Waals surface area contributed by atoms with Crippen molar-refractivity contribution < 1.29 is 14.2 Å². The fourth-order valence-electron chi connectivity index (χ4n) is 4.59. The molecule has 0 spiro atoms. The lowest BCUT2D eigenvalue weighted by atomic mass is 9.77. The highest BCUT2D eigenvalue weighted by Gasteiger charge is 2.37. The van der Waals surface area contributed by atoms with Gasteiger partial charge in [0.15, 0.2) is 11.5 Å². The number of para-hydroxylation sites is 1. The number of allylic oxidation sites excluding steroid dienone is 1. The SMILES string of the molecule is C[C@H](Cc1ccc2c(c1)OCO2)[C@@H]1C(C#N)=C(N)Oc2c1c(=O)n(C)c1ccccc21. The lowest BCUT2D eigenvalue weighted by Gasteiger charge is -2.31. The van der Waals surface area contributed by atoms with Crippen LogP contribution in [0.25, 0.3) is 10.9 Å². The monoisotopic (exact) mass is 415 g/mol. The van der Waals surface area contributed by atoms with Crippen LogP contribution in [0, 0.1) is 17.2 Å². The molecule has 2 aromatic carbocycles. The zero-order valence-electron chi connectivity index (χ0n) is 17.2. The van der Waals surface area contributed by atoms with Gasteiger partial charge in [-0.1, -0.05) is 25.1 Å². The Morgan fingerprint density at radius 1 is 1.23 bits per heavy atom. The predicted molar refractivity (Wildman–Crippen MR) is 115 cm³/mol. The summed E-state index contributed by atoms with van der Waals surface area (Å²) in [6.07, 6.45) is 0.620. The second kappa shape index (κ2) is 7.10. The fourth-order valence-corrected chi connectivity index (χ4v) is 4.59. The molecule has 2 aliphatic heterocycles. The number of aryl methyl sites for hydroxylation is 1. The van der Waals surface area contributed by atoms with Crippen molar-refractivity contribution in [1.82, 2.24) is 4.57 Å². The Hall–Kier alpha value is -3.92. The second-order valence-corrected chi connectivity index (χ2v) is 7.96. The van der Waals surface area contributed by atoms with Gasteiger partial charge in [0.05, 0.1) is 16.7 Å². The number of nitriles is 1. The summed E-state index contributed by atoms with van der Waals surface area (Å²) in [5, 5.41) is 10.7. The number of pyridine rings is 1. The lowest BCUT2D eigenvalue weighted by molar-refractivity contribution is 0.174.